The Bertz CT molecular complexity index is 847. The molecular formula is C17H23FN4O7. The summed E-state index contributed by atoms with van der Waals surface area (Å²) in [5.41, 5.74) is -2.13. The molecule has 1 aliphatic rings. The normalized spacial score (nSPS) is 13.3. The first-order valence-electron chi connectivity index (χ1n) is 9.17. The first-order valence-corrected chi connectivity index (χ1v) is 9.17. The zero-order valence-electron chi connectivity index (χ0n) is 15.7. The summed E-state index contributed by atoms with van der Waals surface area (Å²) in [7, 11) is 0. The summed E-state index contributed by atoms with van der Waals surface area (Å²) in [4.78, 5) is 58.6. The van der Waals surface area contributed by atoms with Gasteiger partial charge in [0, 0.05) is 19.4 Å². The smallest absolute Gasteiger partial charge is 0.432 e. The van der Waals surface area contributed by atoms with Crippen molar-refractivity contribution in [3.63, 3.8) is 0 Å². The Morgan fingerprint density at radius 2 is 1.83 bits per heavy atom. The van der Waals surface area contributed by atoms with Gasteiger partial charge in [-0.2, -0.15) is 4.39 Å². The van der Waals surface area contributed by atoms with E-state index in [4.69, 9.17) is 0 Å². The van der Waals surface area contributed by atoms with Gasteiger partial charge in [-0.1, -0.05) is 6.42 Å². The number of aromatic amines is 1. The largest absolute Gasteiger partial charge is 0.510 e. The second-order valence-electron chi connectivity index (χ2n) is 6.53. The van der Waals surface area contributed by atoms with Gasteiger partial charge in [0.05, 0.1) is 12.7 Å². The molecule has 0 atom stereocenters. The van der Waals surface area contributed by atoms with Crippen molar-refractivity contribution in [1.82, 2.24) is 20.2 Å². The number of nitrogens with zero attached hydrogens (tertiary/aromatic N) is 1. The maximum Gasteiger partial charge on any atom is 0.510 e. The van der Waals surface area contributed by atoms with Crippen molar-refractivity contribution in [3.05, 3.63) is 32.9 Å². The number of halogens is 1. The fraction of sp³-hybridized carbons (Fsp3) is 0.588. The van der Waals surface area contributed by atoms with E-state index in [2.05, 4.69) is 20.1 Å². The monoisotopic (exact) mass is 414 g/mol. The third-order valence-corrected chi connectivity index (χ3v) is 4.32. The Hall–Kier alpha value is -3.18. The first-order chi connectivity index (χ1) is 13.8. The van der Waals surface area contributed by atoms with Crippen molar-refractivity contribution in [3.8, 4) is 0 Å². The lowest BCUT2D eigenvalue weighted by Gasteiger charge is -2.25. The summed E-state index contributed by atoms with van der Waals surface area (Å²) >= 11 is 0. The van der Waals surface area contributed by atoms with E-state index in [0.29, 0.717) is 23.2 Å². The van der Waals surface area contributed by atoms with E-state index in [1.165, 1.54) is 6.42 Å². The Balaban J connectivity index is 1.53. The van der Waals surface area contributed by atoms with Crippen LogP contribution in [0.4, 0.5) is 9.18 Å². The predicted octanol–water partition coefficient (Wildman–Crippen LogP) is -0.401. The summed E-state index contributed by atoms with van der Waals surface area (Å²) < 4.78 is 23.0. The van der Waals surface area contributed by atoms with Gasteiger partial charge in [0.1, 0.15) is 6.61 Å². The summed E-state index contributed by atoms with van der Waals surface area (Å²) in [5.74, 6) is -1.20. The predicted molar refractivity (Wildman–Crippen MR) is 96.3 cm³/mol. The molecule has 3 N–H and O–H groups in total. The summed E-state index contributed by atoms with van der Waals surface area (Å²) in [5, 5.41) is 5.27. The quantitative estimate of drug-likeness (QED) is 0.348. The molecule has 1 aromatic rings. The third kappa shape index (κ3) is 7.76. The van der Waals surface area contributed by atoms with E-state index in [0.717, 1.165) is 12.8 Å². The van der Waals surface area contributed by atoms with Crippen LogP contribution in [0.2, 0.25) is 0 Å². The van der Waals surface area contributed by atoms with Crippen molar-refractivity contribution in [2.45, 2.75) is 38.8 Å². The van der Waals surface area contributed by atoms with Gasteiger partial charge in [-0.15, -0.1) is 0 Å². The zero-order valence-corrected chi connectivity index (χ0v) is 15.7. The standard InChI is InChI=1S/C17H23FN4O7/c18-12-9-22(16(26)21-15(12)25)10-29-17(27)28-7-6-19-13(23)4-5-14(24)20-8-11-2-1-3-11/h9,11H,1-8,10H2,(H,19,23)(H,20,24)(H,21,25,26). The van der Waals surface area contributed by atoms with E-state index in [1.807, 2.05) is 0 Å². The maximum absolute atomic E-state index is 13.1. The van der Waals surface area contributed by atoms with Crippen LogP contribution in [0, 0.1) is 11.7 Å². The zero-order chi connectivity index (χ0) is 21.2. The number of ether oxygens (including phenoxy) is 2. The Labute approximate surface area is 164 Å². The number of aromatic nitrogens is 2. The molecule has 1 heterocycles. The van der Waals surface area contributed by atoms with E-state index < -0.39 is 30.0 Å². The van der Waals surface area contributed by atoms with Gasteiger partial charge in [-0.25, -0.2) is 9.59 Å². The highest BCUT2D eigenvalue weighted by Crippen LogP contribution is 2.25. The number of carbonyl (C=O) groups excluding carboxylic acids is 3. The molecule has 0 bridgehead atoms. The molecule has 2 rings (SSSR count). The van der Waals surface area contributed by atoms with Crippen molar-refractivity contribution in [2.75, 3.05) is 19.7 Å². The van der Waals surface area contributed by atoms with E-state index >= 15 is 0 Å². The minimum atomic E-state index is -1.21. The van der Waals surface area contributed by atoms with Crippen LogP contribution in [0.1, 0.15) is 32.1 Å². The molecule has 1 aliphatic carbocycles. The molecule has 12 heteroatoms. The molecule has 1 fully saturated rings. The highest BCUT2D eigenvalue weighted by atomic mass is 19.1. The van der Waals surface area contributed by atoms with Crippen LogP contribution < -0.4 is 21.9 Å². The Kier molecular flexibility index (Phi) is 8.37. The number of hydrogen-bond donors (Lipinski definition) is 3. The molecule has 160 valence electrons. The van der Waals surface area contributed by atoms with E-state index in [9.17, 15) is 28.4 Å². The number of rotatable bonds is 10. The van der Waals surface area contributed by atoms with Gasteiger partial charge in [0.15, 0.2) is 6.73 Å². The lowest BCUT2D eigenvalue weighted by molar-refractivity contribution is -0.126. The van der Waals surface area contributed by atoms with Crippen LogP contribution in [0.25, 0.3) is 0 Å². The molecule has 11 nitrogen and oxygen atoms in total. The second kappa shape index (κ2) is 11.0. The number of hydrogen-bond acceptors (Lipinski definition) is 7. The summed E-state index contributed by atoms with van der Waals surface area (Å²) in [6.07, 6.45) is 2.99. The molecule has 0 aliphatic heterocycles. The highest BCUT2D eigenvalue weighted by molar-refractivity contribution is 5.83. The topological polar surface area (TPSA) is 149 Å². The van der Waals surface area contributed by atoms with Crippen molar-refractivity contribution in [1.29, 1.82) is 0 Å². The number of amides is 2. The second-order valence-corrected chi connectivity index (χ2v) is 6.53. The Morgan fingerprint density at radius 1 is 1.14 bits per heavy atom. The van der Waals surface area contributed by atoms with Crippen LogP contribution >= 0.6 is 0 Å². The van der Waals surface area contributed by atoms with Crippen molar-refractivity contribution >= 4 is 18.0 Å². The number of H-pyrrole nitrogens is 1. The minimum Gasteiger partial charge on any atom is -0.432 e. The first kappa shape index (κ1) is 22.1. The molecule has 0 radical (unpaired) electrons. The molecule has 0 saturated heterocycles. The van der Waals surface area contributed by atoms with Crippen LogP contribution in [0.5, 0.6) is 0 Å². The van der Waals surface area contributed by atoms with Crippen molar-refractivity contribution < 1.29 is 28.2 Å². The van der Waals surface area contributed by atoms with Gasteiger partial charge in [-0.3, -0.25) is 23.9 Å². The van der Waals surface area contributed by atoms with Gasteiger partial charge in [0.25, 0.3) is 5.56 Å². The SMILES string of the molecule is O=C(CCC(=O)NCC1CCC1)NCCOC(=O)OCn1cc(F)c(=O)[nH]c1=O. The van der Waals surface area contributed by atoms with Crippen LogP contribution in [-0.4, -0.2) is 47.2 Å². The molecular weight excluding hydrogens is 391 g/mol. The fourth-order valence-electron chi connectivity index (χ4n) is 2.43. The number of nitrogens with one attached hydrogen (secondary N) is 3. The molecule has 1 aromatic heterocycles. The maximum atomic E-state index is 13.1. The molecule has 2 amide bonds. The van der Waals surface area contributed by atoms with Crippen LogP contribution in [0.15, 0.2) is 15.8 Å². The highest BCUT2D eigenvalue weighted by Gasteiger charge is 2.18. The third-order valence-electron chi connectivity index (χ3n) is 4.32. The van der Waals surface area contributed by atoms with Gasteiger partial charge in [-0.05, 0) is 18.8 Å². The van der Waals surface area contributed by atoms with Crippen LogP contribution in [0.3, 0.4) is 0 Å². The lowest BCUT2D eigenvalue weighted by atomic mass is 9.85. The van der Waals surface area contributed by atoms with Gasteiger partial charge in [0.2, 0.25) is 17.6 Å². The lowest BCUT2D eigenvalue weighted by Crippen LogP contribution is -2.34. The molecule has 1 saturated carbocycles. The van der Waals surface area contributed by atoms with Gasteiger partial charge >= 0.3 is 11.8 Å². The van der Waals surface area contributed by atoms with Gasteiger partial charge < -0.3 is 20.1 Å². The van der Waals surface area contributed by atoms with E-state index in [1.54, 1.807) is 4.98 Å². The number of carbonyl (C=O) groups is 3. The molecule has 0 aromatic carbocycles. The minimum absolute atomic E-state index is 0.00482. The average molecular weight is 414 g/mol. The van der Waals surface area contributed by atoms with Crippen molar-refractivity contribution in [2.24, 2.45) is 5.92 Å². The molecule has 29 heavy (non-hydrogen) atoms. The molecule has 0 unspecified atom stereocenters. The molecule has 0 spiro atoms. The summed E-state index contributed by atoms with van der Waals surface area (Å²) in [6.45, 7) is -0.208. The summed E-state index contributed by atoms with van der Waals surface area (Å²) in [6, 6.07) is 0. The fourth-order valence-corrected chi connectivity index (χ4v) is 2.43. The average Bonchev–Trinajstić information content (AvgIpc) is 2.64. The van der Waals surface area contributed by atoms with Crippen LogP contribution in [-0.2, 0) is 25.8 Å². The Morgan fingerprint density at radius 3 is 2.48 bits per heavy atom. The van der Waals surface area contributed by atoms with E-state index in [-0.39, 0.29) is 37.8 Å².